The second kappa shape index (κ2) is 9.54. The van der Waals surface area contributed by atoms with Gasteiger partial charge in [0, 0.05) is 6.92 Å². The van der Waals surface area contributed by atoms with E-state index in [4.69, 9.17) is 4.74 Å². The third kappa shape index (κ3) is 6.80. The third-order valence-corrected chi connectivity index (χ3v) is 3.48. The van der Waals surface area contributed by atoms with Gasteiger partial charge in [0.2, 0.25) is 5.91 Å². The largest absolute Gasteiger partial charge is 0.451 e. The summed E-state index contributed by atoms with van der Waals surface area (Å²) in [6, 6.07) is 13.0. The van der Waals surface area contributed by atoms with Gasteiger partial charge in [-0.3, -0.25) is 9.59 Å². The molecule has 2 N–H and O–H groups in total. The van der Waals surface area contributed by atoms with E-state index >= 15 is 0 Å². The second-order valence-electron chi connectivity index (χ2n) is 5.82. The molecule has 0 aromatic heterocycles. The van der Waals surface area contributed by atoms with E-state index in [1.165, 1.54) is 25.1 Å². The van der Waals surface area contributed by atoms with Crippen molar-refractivity contribution in [1.82, 2.24) is 5.32 Å². The zero-order valence-electron chi connectivity index (χ0n) is 15.2. The first kappa shape index (κ1) is 21.7. The Labute approximate surface area is 164 Å². The van der Waals surface area contributed by atoms with Gasteiger partial charge in [-0.1, -0.05) is 42.5 Å². The second-order valence-corrected chi connectivity index (χ2v) is 5.82. The minimum Gasteiger partial charge on any atom is -0.451 e. The lowest BCUT2D eigenvalue weighted by Crippen LogP contribution is -2.29. The molecule has 0 fully saturated rings. The number of carbonyl (C=O) groups is 3. The highest BCUT2D eigenvalue weighted by atomic mass is 19.4. The van der Waals surface area contributed by atoms with Crippen molar-refractivity contribution in [3.8, 4) is 0 Å². The molecule has 0 bridgehead atoms. The summed E-state index contributed by atoms with van der Waals surface area (Å²) in [4.78, 5) is 35.5. The Kier molecular flexibility index (Phi) is 7.13. The van der Waals surface area contributed by atoms with Crippen LogP contribution < -0.4 is 10.6 Å². The summed E-state index contributed by atoms with van der Waals surface area (Å²) in [5.74, 6) is -2.51. The van der Waals surface area contributed by atoms with Crippen LogP contribution in [0.1, 0.15) is 18.1 Å². The summed E-state index contributed by atoms with van der Waals surface area (Å²) in [5.41, 5.74) is -1.10. The Morgan fingerprint density at radius 3 is 2.24 bits per heavy atom. The molecule has 2 aromatic carbocycles. The molecule has 0 spiro atoms. The molecule has 0 atom stereocenters. The molecule has 2 aromatic rings. The number of rotatable bonds is 6. The third-order valence-electron chi connectivity index (χ3n) is 3.48. The van der Waals surface area contributed by atoms with E-state index in [1.807, 2.05) is 0 Å². The lowest BCUT2D eigenvalue weighted by molar-refractivity contribution is -0.144. The van der Waals surface area contributed by atoms with Gasteiger partial charge in [0.1, 0.15) is 5.70 Å². The maximum atomic E-state index is 13.0. The highest BCUT2D eigenvalue weighted by molar-refractivity contribution is 5.99. The van der Waals surface area contributed by atoms with Crippen LogP contribution in [0.15, 0.2) is 60.3 Å². The summed E-state index contributed by atoms with van der Waals surface area (Å²) < 4.78 is 43.7. The number of amides is 2. The maximum absolute atomic E-state index is 13.0. The summed E-state index contributed by atoms with van der Waals surface area (Å²) in [6.07, 6.45) is -3.31. The Balaban J connectivity index is 2.06. The predicted octanol–water partition coefficient (Wildman–Crippen LogP) is 3.36. The Hall–Kier alpha value is -3.62. The van der Waals surface area contributed by atoms with Gasteiger partial charge in [-0.15, -0.1) is 0 Å². The molecule has 152 valence electrons. The number of para-hydroxylation sites is 1. The highest BCUT2D eigenvalue weighted by Crippen LogP contribution is 2.34. The van der Waals surface area contributed by atoms with Crippen molar-refractivity contribution in [3.05, 3.63) is 71.4 Å². The summed E-state index contributed by atoms with van der Waals surface area (Å²) in [7, 11) is 0. The smallest absolute Gasteiger partial charge is 0.418 e. The van der Waals surface area contributed by atoms with Crippen LogP contribution in [0.25, 0.3) is 6.08 Å². The number of carbonyl (C=O) groups excluding carboxylic acids is 3. The number of anilines is 1. The van der Waals surface area contributed by atoms with Crippen LogP contribution in [0, 0.1) is 0 Å². The number of ether oxygens (including phenoxy) is 1. The van der Waals surface area contributed by atoms with Crippen LogP contribution in [-0.4, -0.2) is 24.4 Å². The summed E-state index contributed by atoms with van der Waals surface area (Å²) >= 11 is 0. The van der Waals surface area contributed by atoms with Gasteiger partial charge in [-0.05, 0) is 23.8 Å². The normalized spacial score (nSPS) is 11.5. The fourth-order valence-corrected chi connectivity index (χ4v) is 2.29. The predicted molar refractivity (Wildman–Crippen MR) is 99.3 cm³/mol. The van der Waals surface area contributed by atoms with Crippen molar-refractivity contribution in [2.24, 2.45) is 0 Å². The average Bonchev–Trinajstić information content (AvgIpc) is 2.65. The standard InChI is InChI=1S/C20H17F3N2O4/c1-13(26)24-17(11-14-7-3-2-4-8-14)19(28)29-12-18(27)25-16-10-6-5-9-15(16)20(21,22)23/h2-11H,12H2,1H3,(H,24,26)(H,25,27)/b17-11-. The molecule has 0 heterocycles. The van der Waals surface area contributed by atoms with Crippen LogP contribution in [-0.2, 0) is 25.3 Å². The van der Waals surface area contributed by atoms with Crippen molar-refractivity contribution in [2.75, 3.05) is 11.9 Å². The topological polar surface area (TPSA) is 84.5 Å². The van der Waals surface area contributed by atoms with E-state index in [2.05, 4.69) is 10.6 Å². The number of alkyl halides is 3. The molecule has 0 saturated carbocycles. The lowest BCUT2D eigenvalue weighted by atomic mass is 10.1. The van der Waals surface area contributed by atoms with Gasteiger partial charge >= 0.3 is 12.1 Å². The molecule has 29 heavy (non-hydrogen) atoms. The molecular weight excluding hydrogens is 389 g/mol. The lowest BCUT2D eigenvalue weighted by Gasteiger charge is -2.14. The highest BCUT2D eigenvalue weighted by Gasteiger charge is 2.33. The maximum Gasteiger partial charge on any atom is 0.418 e. The molecule has 0 radical (unpaired) electrons. The molecule has 0 saturated heterocycles. The average molecular weight is 406 g/mol. The van der Waals surface area contributed by atoms with E-state index in [1.54, 1.807) is 30.3 Å². The number of halogens is 3. The van der Waals surface area contributed by atoms with Crippen LogP contribution in [0.2, 0.25) is 0 Å². The first-order chi connectivity index (χ1) is 13.7. The van der Waals surface area contributed by atoms with Crippen molar-refractivity contribution in [1.29, 1.82) is 0 Å². The number of benzene rings is 2. The van der Waals surface area contributed by atoms with Crippen LogP contribution in [0.3, 0.4) is 0 Å². The van der Waals surface area contributed by atoms with Crippen molar-refractivity contribution in [2.45, 2.75) is 13.1 Å². The molecule has 2 rings (SSSR count). The summed E-state index contributed by atoms with van der Waals surface area (Å²) in [6.45, 7) is 0.351. The van der Waals surface area contributed by atoms with E-state index in [0.29, 0.717) is 5.56 Å². The van der Waals surface area contributed by atoms with Crippen LogP contribution in [0.5, 0.6) is 0 Å². The van der Waals surface area contributed by atoms with E-state index < -0.39 is 41.8 Å². The Morgan fingerprint density at radius 1 is 1.00 bits per heavy atom. The Morgan fingerprint density at radius 2 is 1.62 bits per heavy atom. The van der Waals surface area contributed by atoms with Gasteiger partial charge in [-0.25, -0.2) is 4.79 Å². The molecular formula is C20H17F3N2O4. The van der Waals surface area contributed by atoms with Crippen molar-refractivity contribution in [3.63, 3.8) is 0 Å². The monoisotopic (exact) mass is 406 g/mol. The molecule has 0 aliphatic heterocycles. The van der Waals surface area contributed by atoms with E-state index in [9.17, 15) is 27.6 Å². The number of hydrogen-bond donors (Lipinski definition) is 2. The van der Waals surface area contributed by atoms with Crippen molar-refractivity contribution >= 4 is 29.5 Å². The quantitative estimate of drug-likeness (QED) is 0.569. The first-order valence-electron chi connectivity index (χ1n) is 8.34. The van der Waals surface area contributed by atoms with Crippen molar-refractivity contribution < 1.29 is 32.3 Å². The fraction of sp³-hybridized carbons (Fsp3) is 0.150. The molecule has 2 amide bonds. The van der Waals surface area contributed by atoms with Gasteiger partial charge < -0.3 is 15.4 Å². The molecule has 9 heteroatoms. The fourth-order valence-electron chi connectivity index (χ4n) is 2.29. The van der Waals surface area contributed by atoms with Crippen LogP contribution in [0.4, 0.5) is 18.9 Å². The number of hydrogen-bond acceptors (Lipinski definition) is 4. The van der Waals surface area contributed by atoms with E-state index in [-0.39, 0.29) is 5.70 Å². The molecule has 0 aliphatic rings. The van der Waals surface area contributed by atoms with Gasteiger partial charge in [-0.2, -0.15) is 13.2 Å². The van der Waals surface area contributed by atoms with Gasteiger partial charge in [0.25, 0.3) is 5.91 Å². The SMILES string of the molecule is CC(=O)N/C(=C\c1ccccc1)C(=O)OCC(=O)Nc1ccccc1C(F)(F)F. The zero-order valence-corrected chi connectivity index (χ0v) is 15.2. The molecule has 6 nitrogen and oxygen atoms in total. The van der Waals surface area contributed by atoms with Gasteiger partial charge in [0.15, 0.2) is 6.61 Å². The number of esters is 1. The Bertz CT molecular complexity index is 925. The molecule has 0 aliphatic carbocycles. The first-order valence-corrected chi connectivity index (χ1v) is 8.34. The minimum atomic E-state index is -4.66. The van der Waals surface area contributed by atoms with E-state index in [0.717, 1.165) is 12.1 Å². The number of nitrogens with one attached hydrogen (secondary N) is 2. The zero-order chi connectivity index (χ0) is 21.4. The van der Waals surface area contributed by atoms with Crippen LogP contribution >= 0.6 is 0 Å². The van der Waals surface area contributed by atoms with Gasteiger partial charge in [0.05, 0.1) is 11.3 Å². The summed E-state index contributed by atoms with van der Waals surface area (Å²) in [5, 5.41) is 4.36. The molecule has 0 unspecified atom stereocenters. The minimum absolute atomic E-state index is 0.216.